The average Bonchev–Trinajstić information content (AvgIpc) is 3.17. The maximum absolute atomic E-state index is 12.9. The van der Waals surface area contributed by atoms with Crippen LogP contribution in [0.4, 0.5) is 0 Å². The summed E-state index contributed by atoms with van der Waals surface area (Å²) in [4.78, 5) is 12.8. The van der Waals surface area contributed by atoms with Crippen molar-refractivity contribution in [1.82, 2.24) is 5.48 Å². The zero-order valence-electron chi connectivity index (χ0n) is 16.5. The van der Waals surface area contributed by atoms with Gasteiger partial charge >= 0.3 is 0 Å². The van der Waals surface area contributed by atoms with Crippen molar-refractivity contribution in [2.45, 2.75) is 10.6 Å². The van der Waals surface area contributed by atoms with Crippen LogP contribution in [0.15, 0.2) is 77.7 Å². The Morgan fingerprint density at radius 1 is 1.03 bits per heavy atom. The molecule has 0 saturated carbocycles. The van der Waals surface area contributed by atoms with Gasteiger partial charge in [0.25, 0.3) is 5.91 Å². The highest BCUT2D eigenvalue weighted by Gasteiger charge is 2.21. The van der Waals surface area contributed by atoms with E-state index in [0.717, 1.165) is 15.6 Å². The molecule has 1 heterocycles. The molecule has 0 aliphatic carbocycles. The lowest BCUT2D eigenvalue weighted by Crippen LogP contribution is -2.17. The van der Waals surface area contributed by atoms with E-state index in [0.29, 0.717) is 21.8 Å². The first kappa shape index (κ1) is 21.0. The van der Waals surface area contributed by atoms with Crippen LogP contribution in [0.1, 0.15) is 15.2 Å². The number of fused-ring (bicyclic) bond motifs is 1. The zero-order chi connectivity index (χ0) is 22.0. The predicted octanol–water partition coefficient (Wildman–Crippen LogP) is 4.67. The second kappa shape index (κ2) is 8.50. The number of rotatable bonds is 6. The molecule has 0 atom stereocenters. The summed E-state index contributed by atoms with van der Waals surface area (Å²) < 4.78 is 31.7. The number of benzene rings is 3. The van der Waals surface area contributed by atoms with E-state index in [1.807, 2.05) is 30.3 Å². The largest absolute Gasteiger partial charge is 0.497 e. The molecule has 8 heteroatoms. The summed E-state index contributed by atoms with van der Waals surface area (Å²) in [6, 6.07) is 21.0. The Balaban J connectivity index is 1.79. The standard InChI is InChI=1S/C23H19NO5S2/c1-29-17-8-10-18(11-9-17)31(27,28)14-15-7-12-20-19(13-15)21(16-5-3-2-4-6-16)22(30-20)23(25)24-26/h2-13,26H,14H2,1H3,(H,24,25). The molecule has 0 aliphatic rings. The normalized spacial score (nSPS) is 11.4. The molecule has 0 saturated heterocycles. The summed E-state index contributed by atoms with van der Waals surface area (Å²) >= 11 is 1.24. The molecule has 0 unspecified atom stereocenters. The summed E-state index contributed by atoms with van der Waals surface area (Å²) in [5, 5.41) is 9.94. The maximum Gasteiger partial charge on any atom is 0.285 e. The molecule has 1 amide bonds. The number of hydroxylamine groups is 1. The van der Waals surface area contributed by atoms with Crippen molar-refractivity contribution in [2.75, 3.05) is 7.11 Å². The number of hydrogen-bond acceptors (Lipinski definition) is 6. The van der Waals surface area contributed by atoms with Gasteiger partial charge in [-0.05, 0) is 47.5 Å². The van der Waals surface area contributed by atoms with Crippen LogP contribution in [-0.2, 0) is 15.6 Å². The van der Waals surface area contributed by atoms with E-state index >= 15 is 0 Å². The molecule has 158 valence electrons. The monoisotopic (exact) mass is 453 g/mol. The van der Waals surface area contributed by atoms with Crippen molar-refractivity contribution in [1.29, 1.82) is 0 Å². The van der Waals surface area contributed by atoms with Crippen molar-refractivity contribution in [3.05, 3.63) is 83.2 Å². The van der Waals surface area contributed by atoms with E-state index in [1.54, 1.807) is 35.8 Å². The number of ether oxygens (including phenoxy) is 1. The summed E-state index contributed by atoms with van der Waals surface area (Å²) in [7, 11) is -2.05. The molecule has 2 N–H and O–H groups in total. The SMILES string of the molecule is COc1ccc(S(=O)(=O)Cc2ccc3sc(C(=O)NO)c(-c4ccccc4)c3c2)cc1. The molecule has 3 aromatic carbocycles. The van der Waals surface area contributed by atoms with Gasteiger partial charge in [0.2, 0.25) is 0 Å². The third-order valence-electron chi connectivity index (χ3n) is 4.90. The Kier molecular flexibility index (Phi) is 5.77. The van der Waals surface area contributed by atoms with E-state index in [2.05, 4.69) is 0 Å². The molecule has 6 nitrogen and oxygen atoms in total. The minimum Gasteiger partial charge on any atom is -0.497 e. The minimum absolute atomic E-state index is 0.180. The van der Waals surface area contributed by atoms with Crippen LogP contribution in [0.5, 0.6) is 5.75 Å². The highest BCUT2D eigenvalue weighted by Crippen LogP contribution is 2.39. The van der Waals surface area contributed by atoms with Crippen LogP contribution in [-0.4, -0.2) is 26.6 Å². The number of nitrogens with one attached hydrogen (secondary N) is 1. The topological polar surface area (TPSA) is 92.7 Å². The van der Waals surface area contributed by atoms with E-state index in [-0.39, 0.29) is 10.6 Å². The fraction of sp³-hybridized carbons (Fsp3) is 0.0870. The summed E-state index contributed by atoms with van der Waals surface area (Å²) in [6.45, 7) is 0. The Labute approximate surface area is 183 Å². The highest BCUT2D eigenvalue weighted by atomic mass is 32.2. The first-order chi connectivity index (χ1) is 14.9. The predicted molar refractivity (Wildman–Crippen MR) is 120 cm³/mol. The number of carbonyl (C=O) groups is 1. The van der Waals surface area contributed by atoms with E-state index in [1.165, 1.54) is 30.6 Å². The van der Waals surface area contributed by atoms with Gasteiger partial charge in [0.05, 0.1) is 17.8 Å². The van der Waals surface area contributed by atoms with Gasteiger partial charge in [-0.3, -0.25) is 10.0 Å². The lowest BCUT2D eigenvalue weighted by atomic mass is 10.0. The van der Waals surface area contributed by atoms with Crippen molar-refractivity contribution < 1.29 is 23.2 Å². The summed E-state index contributed by atoms with van der Waals surface area (Å²) in [5.41, 5.74) is 3.78. The lowest BCUT2D eigenvalue weighted by molar-refractivity contribution is 0.0711. The van der Waals surface area contributed by atoms with Crippen molar-refractivity contribution in [2.24, 2.45) is 0 Å². The van der Waals surface area contributed by atoms with Gasteiger partial charge in [0.15, 0.2) is 9.84 Å². The smallest absolute Gasteiger partial charge is 0.285 e. The van der Waals surface area contributed by atoms with Crippen molar-refractivity contribution in [3.8, 4) is 16.9 Å². The third kappa shape index (κ3) is 4.18. The molecule has 4 aromatic rings. The quantitative estimate of drug-likeness (QED) is 0.327. The van der Waals surface area contributed by atoms with Crippen LogP contribution in [0.3, 0.4) is 0 Å². The molecule has 1 aromatic heterocycles. The molecular formula is C23H19NO5S2. The van der Waals surface area contributed by atoms with Gasteiger partial charge in [-0.2, -0.15) is 0 Å². The van der Waals surface area contributed by atoms with Gasteiger partial charge in [-0.1, -0.05) is 36.4 Å². The molecular weight excluding hydrogens is 434 g/mol. The van der Waals surface area contributed by atoms with Crippen LogP contribution in [0.25, 0.3) is 21.2 Å². The lowest BCUT2D eigenvalue weighted by Gasteiger charge is -2.08. The molecule has 0 bridgehead atoms. The maximum atomic E-state index is 12.9. The molecule has 31 heavy (non-hydrogen) atoms. The molecule has 4 rings (SSSR count). The molecule has 0 radical (unpaired) electrons. The average molecular weight is 454 g/mol. The second-order valence-corrected chi connectivity index (χ2v) is 9.92. The highest BCUT2D eigenvalue weighted by molar-refractivity contribution is 7.90. The van der Waals surface area contributed by atoms with Gasteiger partial charge in [-0.15, -0.1) is 11.3 Å². The van der Waals surface area contributed by atoms with Crippen LogP contribution in [0, 0.1) is 0 Å². The molecule has 0 spiro atoms. The Bertz CT molecular complexity index is 1340. The molecule has 0 aliphatic heterocycles. The fourth-order valence-electron chi connectivity index (χ4n) is 3.42. The zero-order valence-corrected chi connectivity index (χ0v) is 18.2. The van der Waals surface area contributed by atoms with E-state index in [9.17, 15) is 18.4 Å². The van der Waals surface area contributed by atoms with Crippen molar-refractivity contribution in [3.63, 3.8) is 0 Å². The fourth-order valence-corrected chi connectivity index (χ4v) is 5.85. The third-order valence-corrected chi connectivity index (χ3v) is 7.77. The van der Waals surface area contributed by atoms with Crippen molar-refractivity contribution >= 4 is 37.2 Å². The second-order valence-electron chi connectivity index (χ2n) is 6.88. The Morgan fingerprint density at radius 2 is 1.74 bits per heavy atom. The number of amides is 1. The number of hydrogen-bond donors (Lipinski definition) is 2. The van der Waals surface area contributed by atoms with Gasteiger partial charge in [-0.25, -0.2) is 13.9 Å². The van der Waals surface area contributed by atoms with Crippen LogP contribution in [0.2, 0.25) is 0 Å². The Morgan fingerprint density at radius 3 is 2.39 bits per heavy atom. The van der Waals surface area contributed by atoms with Crippen LogP contribution >= 0.6 is 11.3 Å². The van der Waals surface area contributed by atoms with E-state index in [4.69, 9.17) is 4.74 Å². The first-order valence-electron chi connectivity index (χ1n) is 9.35. The van der Waals surface area contributed by atoms with Gasteiger partial charge < -0.3 is 4.74 Å². The minimum atomic E-state index is -3.57. The number of carbonyl (C=O) groups excluding carboxylic acids is 1. The first-order valence-corrected chi connectivity index (χ1v) is 11.8. The number of thiophene rings is 1. The van der Waals surface area contributed by atoms with Gasteiger partial charge in [0, 0.05) is 15.6 Å². The Hall–Kier alpha value is -3.20. The molecule has 0 fully saturated rings. The number of methoxy groups -OCH3 is 1. The summed E-state index contributed by atoms with van der Waals surface area (Å²) in [5.74, 6) is -0.200. The number of sulfone groups is 1. The van der Waals surface area contributed by atoms with Gasteiger partial charge in [0.1, 0.15) is 10.6 Å². The summed E-state index contributed by atoms with van der Waals surface area (Å²) in [6.07, 6.45) is 0. The van der Waals surface area contributed by atoms with E-state index < -0.39 is 15.7 Å². The van der Waals surface area contributed by atoms with Crippen LogP contribution < -0.4 is 10.2 Å².